The number of aromatic carboxylic acids is 1. The van der Waals surface area contributed by atoms with Gasteiger partial charge in [0.15, 0.2) is 11.3 Å². The van der Waals surface area contributed by atoms with Gasteiger partial charge < -0.3 is 15.2 Å². The summed E-state index contributed by atoms with van der Waals surface area (Å²) >= 11 is 0. The van der Waals surface area contributed by atoms with E-state index in [0.29, 0.717) is 5.56 Å². The summed E-state index contributed by atoms with van der Waals surface area (Å²) in [6, 6.07) is 9.22. The number of hydrogen-bond donors (Lipinski definition) is 2. The van der Waals surface area contributed by atoms with Gasteiger partial charge in [-0.25, -0.2) is 19.1 Å². The molecule has 0 atom stereocenters. The normalized spacial score (nSPS) is 10.5. The van der Waals surface area contributed by atoms with E-state index in [0.717, 1.165) is 16.1 Å². The molecule has 2 N–H and O–H groups in total. The molecule has 9 nitrogen and oxygen atoms in total. The Morgan fingerprint density at radius 2 is 1.92 bits per heavy atom. The summed E-state index contributed by atoms with van der Waals surface area (Å²) in [7, 11) is 1.30. The molecule has 3 aromatic rings. The van der Waals surface area contributed by atoms with Crippen LogP contribution in [-0.2, 0) is 11.3 Å². The lowest BCUT2D eigenvalue weighted by Gasteiger charge is -2.07. The van der Waals surface area contributed by atoms with E-state index in [1.807, 2.05) is 0 Å². The lowest BCUT2D eigenvalue weighted by molar-refractivity contribution is 0.0599. The molecule has 0 aliphatic rings. The summed E-state index contributed by atoms with van der Waals surface area (Å²) in [5.74, 6) is -2.18. The van der Waals surface area contributed by atoms with Gasteiger partial charge in [-0.15, -0.1) is 0 Å². The van der Waals surface area contributed by atoms with Gasteiger partial charge in [0.25, 0.3) is 5.91 Å². The minimum absolute atomic E-state index is 0.0263. The molecule has 2 heterocycles. The van der Waals surface area contributed by atoms with Crippen molar-refractivity contribution >= 4 is 23.5 Å². The molecule has 0 unspecified atom stereocenters. The van der Waals surface area contributed by atoms with Gasteiger partial charge in [0.1, 0.15) is 5.69 Å². The Hall–Kier alpha value is -3.75. The second kappa shape index (κ2) is 7.01. The first-order valence-electron chi connectivity index (χ1n) is 7.53. The number of carboxylic acid groups (broad SMARTS) is 1. The molecular weight excluding hydrogens is 340 g/mol. The Morgan fingerprint density at radius 3 is 2.58 bits per heavy atom. The van der Waals surface area contributed by atoms with Crippen LogP contribution < -0.4 is 5.32 Å². The highest BCUT2D eigenvalue weighted by Gasteiger charge is 2.16. The number of fused-ring (bicyclic) bond motifs is 1. The molecule has 0 fully saturated rings. The van der Waals surface area contributed by atoms with Crippen LogP contribution in [0.4, 0.5) is 0 Å². The third-order valence-corrected chi connectivity index (χ3v) is 3.64. The fourth-order valence-corrected chi connectivity index (χ4v) is 2.33. The summed E-state index contributed by atoms with van der Waals surface area (Å²) in [4.78, 5) is 39.1. The number of hydrogen-bond acceptors (Lipinski definition) is 6. The number of benzene rings is 1. The van der Waals surface area contributed by atoms with Gasteiger partial charge >= 0.3 is 11.9 Å². The second-order valence-corrected chi connectivity index (χ2v) is 5.30. The maximum absolute atomic E-state index is 12.3. The van der Waals surface area contributed by atoms with Gasteiger partial charge in [0.2, 0.25) is 0 Å². The number of carboxylic acids is 1. The van der Waals surface area contributed by atoms with Crippen molar-refractivity contribution in [1.82, 2.24) is 19.9 Å². The van der Waals surface area contributed by atoms with Crippen LogP contribution in [-0.4, -0.2) is 44.7 Å². The van der Waals surface area contributed by atoms with Crippen LogP contribution in [0, 0.1) is 0 Å². The Kier molecular flexibility index (Phi) is 4.61. The van der Waals surface area contributed by atoms with E-state index < -0.39 is 17.8 Å². The number of aromatic nitrogens is 3. The monoisotopic (exact) mass is 354 g/mol. The molecule has 0 saturated carbocycles. The first kappa shape index (κ1) is 17.1. The fraction of sp³-hybridized carbons (Fsp3) is 0.118. The minimum atomic E-state index is -1.21. The zero-order valence-corrected chi connectivity index (χ0v) is 13.7. The van der Waals surface area contributed by atoms with Crippen molar-refractivity contribution in [2.24, 2.45) is 0 Å². The molecule has 0 radical (unpaired) electrons. The van der Waals surface area contributed by atoms with Gasteiger partial charge in [0.05, 0.1) is 18.9 Å². The lowest BCUT2D eigenvalue weighted by Crippen LogP contribution is -2.25. The first-order valence-corrected chi connectivity index (χ1v) is 7.53. The van der Waals surface area contributed by atoms with Gasteiger partial charge in [-0.05, 0) is 17.7 Å². The molecular formula is C17H14N4O5. The van der Waals surface area contributed by atoms with E-state index in [2.05, 4.69) is 20.1 Å². The molecule has 132 valence electrons. The quantitative estimate of drug-likeness (QED) is 0.659. The third-order valence-electron chi connectivity index (χ3n) is 3.64. The van der Waals surface area contributed by atoms with Crippen LogP contribution in [0.15, 0.2) is 42.6 Å². The number of methoxy groups -OCH3 is 1. The fourth-order valence-electron chi connectivity index (χ4n) is 2.33. The highest BCUT2D eigenvalue weighted by Crippen LogP contribution is 2.09. The molecule has 1 amide bonds. The summed E-state index contributed by atoms with van der Waals surface area (Å²) in [6.07, 6.45) is 1.40. The van der Waals surface area contributed by atoms with Crippen LogP contribution >= 0.6 is 0 Å². The van der Waals surface area contributed by atoms with Crippen molar-refractivity contribution in [2.75, 3.05) is 7.11 Å². The standard InChI is InChI=1S/C17H14N4O5/c1-26-17(25)11-4-2-10(3-5-11)9-18-15(22)12-8-13(16(23)24)21-14(20-12)6-7-19-21/h2-8H,9H2,1H3,(H,18,22)(H,23,24). The lowest BCUT2D eigenvalue weighted by atomic mass is 10.1. The highest BCUT2D eigenvalue weighted by molar-refractivity contribution is 5.96. The van der Waals surface area contributed by atoms with Crippen LogP contribution in [0.2, 0.25) is 0 Å². The molecule has 1 aromatic carbocycles. The Bertz CT molecular complexity index is 994. The second-order valence-electron chi connectivity index (χ2n) is 5.30. The molecule has 0 aliphatic carbocycles. The number of esters is 1. The van der Waals surface area contributed by atoms with Crippen molar-refractivity contribution in [1.29, 1.82) is 0 Å². The van der Waals surface area contributed by atoms with E-state index in [9.17, 15) is 19.5 Å². The van der Waals surface area contributed by atoms with Crippen molar-refractivity contribution in [3.05, 3.63) is 65.1 Å². The van der Waals surface area contributed by atoms with Gasteiger partial charge in [0, 0.05) is 18.7 Å². The topological polar surface area (TPSA) is 123 Å². The maximum Gasteiger partial charge on any atom is 0.354 e. The largest absolute Gasteiger partial charge is 0.477 e. The number of carbonyl (C=O) groups is 3. The van der Waals surface area contributed by atoms with E-state index in [-0.39, 0.29) is 23.6 Å². The molecule has 0 saturated heterocycles. The number of carbonyl (C=O) groups excluding carboxylic acids is 2. The molecule has 9 heteroatoms. The maximum atomic E-state index is 12.3. The Morgan fingerprint density at radius 1 is 1.19 bits per heavy atom. The van der Waals surface area contributed by atoms with Crippen LogP contribution in [0.1, 0.15) is 36.9 Å². The molecule has 26 heavy (non-hydrogen) atoms. The van der Waals surface area contributed by atoms with Crippen molar-refractivity contribution in [2.45, 2.75) is 6.54 Å². The van der Waals surface area contributed by atoms with Crippen molar-refractivity contribution in [3.63, 3.8) is 0 Å². The number of nitrogens with one attached hydrogen (secondary N) is 1. The van der Waals surface area contributed by atoms with E-state index in [1.54, 1.807) is 24.3 Å². The average molecular weight is 354 g/mol. The Balaban J connectivity index is 1.75. The Labute approximate surface area is 147 Å². The van der Waals surface area contributed by atoms with Gasteiger partial charge in [-0.2, -0.15) is 5.10 Å². The smallest absolute Gasteiger partial charge is 0.354 e. The number of amides is 1. The molecule has 2 aromatic heterocycles. The van der Waals surface area contributed by atoms with E-state index >= 15 is 0 Å². The summed E-state index contributed by atoms with van der Waals surface area (Å²) in [5.41, 5.74) is 1.24. The first-order chi connectivity index (χ1) is 12.5. The SMILES string of the molecule is COC(=O)c1ccc(CNC(=O)c2cc(C(=O)O)n3nccc3n2)cc1. The zero-order chi connectivity index (χ0) is 18.7. The molecule has 0 spiro atoms. The zero-order valence-electron chi connectivity index (χ0n) is 13.7. The number of ether oxygens (including phenoxy) is 1. The predicted molar refractivity (Wildman–Crippen MR) is 88.9 cm³/mol. The minimum Gasteiger partial charge on any atom is -0.477 e. The summed E-state index contributed by atoms with van der Waals surface area (Å²) in [6.45, 7) is 0.189. The number of nitrogens with zero attached hydrogens (tertiary/aromatic N) is 3. The number of rotatable bonds is 5. The predicted octanol–water partition coefficient (Wildman–Crippen LogP) is 1.14. The van der Waals surface area contributed by atoms with Crippen molar-refractivity contribution < 1.29 is 24.2 Å². The molecule has 0 aliphatic heterocycles. The molecule has 0 bridgehead atoms. The highest BCUT2D eigenvalue weighted by atomic mass is 16.5. The molecule has 3 rings (SSSR count). The average Bonchev–Trinajstić information content (AvgIpc) is 3.13. The third kappa shape index (κ3) is 3.36. The summed E-state index contributed by atoms with van der Waals surface area (Å²) < 4.78 is 5.76. The van der Waals surface area contributed by atoms with Crippen LogP contribution in [0.25, 0.3) is 5.65 Å². The van der Waals surface area contributed by atoms with Gasteiger partial charge in [-0.1, -0.05) is 12.1 Å². The van der Waals surface area contributed by atoms with Crippen LogP contribution in [0.5, 0.6) is 0 Å². The van der Waals surface area contributed by atoms with Crippen molar-refractivity contribution in [3.8, 4) is 0 Å². The summed E-state index contributed by atoms with van der Waals surface area (Å²) in [5, 5.41) is 15.8. The van der Waals surface area contributed by atoms with E-state index in [4.69, 9.17) is 0 Å². The van der Waals surface area contributed by atoms with Gasteiger partial charge in [-0.3, -0.25) is 4.79 Å². The van der Waals surface area contributed by atoms with Crippen LogP contribution in [0.3, 0.4) is 0 Å². The van der Waals surface area contributed by atoms with E-state index in [1.165, 1.54) is 19.4 Å².